The summed E-state index contributed by atoms with van der Waals surface area (Å²) in [5.41, 5.74) is 5.28. The van der Waals surface area contributed by atoms with Crippen LogP contribution >= 0.6 is 0 Å². The highest BCUT2D eigenvalue weighted by molar-refractivity contribution is 5.88. The Morgan fingerprint density at radius 3 is 2.47 bits per heavy atom. The number of aldehydes is 2. The van der Waals surface area contributed by atoms with Gasteiger partial charge in [0.2, 0.25) is 0 Å². The Kier molecular flexibility index (Phi) is 13.7. The highest BCUT2D eigenvalue weighted by Gasteiger charge is 2.35. The average molecular weight is 757 g/mol. The predicted octanol–water partition coefficient (Wildman–Crippen LogP) is 6.99. The molecular formula is C40H40F4N8O3. The number of nitrogens with zero attached hydrogens (tertiary/aromatic N) is 5. The first-order valence-corrected chi connectivity index (χ1v) is 17.4. The molecule has 286 valence electrons. The third-order valence-corrected chi connectivity index (χ3v) is 8.95. The summed E-state index contributed by atoms with van der Waals surface area (Å²) in [6, 6.07) is 16.5. The molecule has 1 fully saturated rings. The Hall–Kier alpha value is -6.11. The van der Waals surface area contributed by atoms with Crippen molar-refractivity contribution >= 4 is 40.2 Å². The Morgan fingerprint density at radius 2 is 1.85 bits per heavy atom. The zero-order valence-corrected chi connectivity index (χ0v) is 30.3. The van der Waals surface area contributed by atoms with Gasteiger partial charge in [0.15, 0.2) is 0 Å². The predicted molar refractivity (Wildman–Crippen MR) is 201 cm³/mol. The van der Waals surface area contributed by atoms with E-state index in [1.54, 1.807) is 18.2 Å². The number of H-pyrrole nitrogens is 1. The summed E-state index contributed by atoms with van der Waals surface area (Å²) >= 11 is 0. The van der Waals surface area contributed by atoms with Crippen LogP contribution in [0.4, 0.5) is 23.2 Å². The van der Waals surface area contributed by atoms with E-state index in [9.17, 15) is 27.2 Å². The molecule has 4 heterocycles. The van der Waals surface area contributed by atoms with Crippen molar-refractivity contribution in [3.8, 4) is 6.07 Å². The second kappa shape index (κ2) is 18.8. The lowest BCUT2D eigenvalue weighted by molar-refractivity contribution is -0.139. The SMILES string of the molecule is C1COC1.CNc1ccc2c(c1)nc(CN1CC=C(/C(=C/C=C\C=O)NCc3ccc(C#N)cc3F)CC1)n2C.O=Cc1ccc2n[nH]c(C(F)(F)F)c2c1. The first-order valence-electron chi connectivity index (χ1n) is 17.4. The highest BCUT2D eigenvalue weighted by Crippen LogP contribution is 2.33. The van der Waals surface area contributed by atoms with Crippen molar-refractivity contribution in [1.82, 2.24) is 30.0 Å². The van der Waals surface area contributed by atoms with Gasteiger partial charge >= 0.3 is 6.18 Å². The molecule has 2 aromatic heterocycles. The van der Waals surface area contributed by atoms with Crippen molar-refractivity contribution in [3.63, 3.8) is 0 Å². The quantitative estimate of drug-likeness (QED) is 0.0596. The van der Waals surface area contributed by atoms with Gasteiger partial charge in [0.1, 0.15) is 29.9 Å². The lowest BCUT2D eigenvalue weighted by atomic mass is 10.0. The number of aryl methyl sites for hydroxylation is 1. The van der Waals surface area contributed by atoms with Gasteiger partial charge in [-0.25, -0.2) is 9.37 Å². The number of hydrogen-bond donors (Lipinski definition) is 3. The van der Waals surface area contributed by atoms with E-state index in [1.807, 2.05) is 37.4 Å². The molecule has 2 aliphatic rings. The van der Waals surface area contributed by atoms with Crippen molar-refractivity contribution in [1.29, 1.82) is 5.26 Å². The molecule has 0 atom stereocenters. The molecule has 0 bridgehead atoms. The van der Waals surface area contributed by atoms with Gasteiger partial charge in [-0.05, 0) is 79.1 Å². The average Bonchev–Trinajstić information content (AvgIpc) is 3.73. The topological polar surface area (TPSA) is 141 Å². The number of imidazole rings is 1. The molecule has 0 unspecified atom stereocenters. The second-order valence-corrected chi connectivity index (χ2v) is 12.6. The maximum absolute atomic E-state index is 14.3. The van der Waals surface area contributed by atoms with Crippen LogP contribution in [0.5, 0.6) is 0 Å². The first-order chi connectivity index (χ1) is 26.5. The summed E-state index contributed by atoms with van der Waals surface area (Å²) < 4.78 is 58.5. The van der Waals surface area contributed by atoms with Crippen molar-refractivity contribution < 1.29 is 31.9 Å². The molecule has 7 rings (SSSR count). The molecule has 11 nitrogen and oxygen atoms in total. The molecule has 55 heavy (non-hydrogen) atoms. The van der Waals surface area contributed by atoms with Crippen molar-refractivity contribution in [2.45, 2.75) is 32.1 Å². The van der Waals surface area contributed by atoms with Crippen LogP contribution in [0, 0.1) is 17.1 Å². The van der Waals surface area contributed by atoms with Crippen molar-refractivity contribution in [2.24, 2.45) is 7.05 Å². The van der Waals surface area contributed by atoms with Crippen LogP contribution in [-0.4, -0.2) is 70.6 Å². The van der Waals surface area contributed by atoms with Crippen molar-refractivity contribution in [3.05, 3.63) is 124 Å². The molecule has 0 aliphatic carbocycles. The van der Waals surface area contributed by atoms with Crippen LogP contribution < -0.4 is 10.6 Å². The lowest BCUT2D eigenvalue weighted by Crippen LogP contribution is -2.31. The van der Waals surface area contributed by atoms with Crippen LogP contribution in [0.1, 0.15) is 45.8 Å². The van der Waals surface area contributed by atoms with E-state index in [0.717, 1.165) is 85.4 Å². The van der Waals surface area contributed by atoms with E-state index < -0.39 is 17.7 Å². The number of allylic oxidation sites excluding steroid dienone is 4. The maximum Gasteiger partial charge on any atom is 0.433 e. The van der Waals surface area contributed by atoms with Gasteiger partial charge in [-0.2, -0.15) is 23.5 Å². The van der Waals surface area contributed by atoms with Crippen LogP contribution in [0.3, 0.4) is 0 Å². The second-order valence-electron chi connectivity index (χ2n) is 12.6. The number of halogens is 4. The summed E-state index contributed by atoms with van der Waals surface area (Å²) in [5, 5.41) is 20.7. The Balaban J connectivity index is 0.000000249. The number of nitriles is 1. The summed E-state index contributed by atoms with van der Waals surface area (Å²) in [7, 11) is 3.94. The number of alkyl halides is 3. The number of fused-ring (bicyclic) bond motifs is 2. The number of anilines is 1. The molecule has 2 aliphatic heterocycles. The summed E-state index contributed by atoms with van der Waals surface area (Å²) in [4.78, 5) is 28.3. The molecule has 0 amide bonds. The molecule has 0 radical (unpaired) electrons. The van der Waals surface area contributed by atoms with E-state index in [1.165, 1.54) is 30.7 Å². The fraction of sp³-hybridized carbons (Fsp3) is 0.275. The highest BCUT2D eigenvalue weighted by atomic mass is 19.4. The number of aromatic amines is 1. The standard InChI is InChI=1S/C28H29FN6O.C9H5F3N2O.C3H6O/c1-31-23-8-9-27-26(16-23)33-28(34(27)2)19-35-12-10-21(11-13-35)25(5-3-4-14-36)32-18-22-7-6-20(17-30)15-24(22)29;10-9(11,12)8-6-3-5(4-15)1-2-7(6)13-14-8;1-2-4-3-1/h3-10,14-16,31-32H,11-13,18-19H2,1-2H3;1-4H,(H,13,14);1-3H2/b4-3-,25-5-;;. The number of hydrogen-bond acceptors (Lipinski definition) is 9. The normalized spacial score (nSPS) is 14.6. The number of benzene rings is 3. The number of ether oxygens (including phenoxy) is 1. The molecule has 0 saturated carbocycles. The largest absolute Gasteiger partial charge is 0.433 e. The van der Waals surface area contributed by atoms with E-state index >= 15 is 0 Å². The van der Waals surface area contributed by atoms with Crippen molar-refractivity contribution in [2.75, 3.05) is 38.7 Å². The molecule has 1 saturated heterocycles. The Bertz CT molecular complexity index is 2260. The number of carbonyl (C=O) groups is 2. The third kappa shape index (κ3) is 10.5. The number of carbonyl (C=O) groups excluding carboxylic acids is 2. The number of rotatable bonds is 10. The molecule has 3 aromatic carbocycles. The summed E-state index contributed by atoms with van der Waals surface area (Å²) in [5.74, 6) is 0.589. The van der Waals surface area contributed by atoms with Gasteiger partial charge in [0.25, 0.3) is 0 Å². The van der Waals surface area contributed by atoms with Gasteiger partial charge < -0.3 is 19.9 Å². The van der Waals surface area contributed by atoms with Crippen LogP contribution in [0.25, 0.3) is 21.9 Å². The smallest absolute Gasteiger partial charge is 0.388 e. The van der Waals surface area contributed by atoms with Crippen LogP contribution in [0.15, 0.2) is 90.2 Å². The minimum atomic E-state index is -4.49. The Morgan fingerprint density at radius 1 is 1.07 bits per heavy atom. The summed E-state index contributed by atoms with van der Waals surface area (Å²) in [6.45, 7) is 4.60. The van der Waals surface area contributed by atoms with Gasteiger partial charge in [-0.1, -0.05) is 18.2 Å². The molecule has 15 heteroatoms. The molecule has 3 N–H and O–H groups in total. The van der Waals surface area contributed by atoms with E-state index in [0.29, 0.717) is 17.4 Å². The molecule has 0 spiro atoms. The molecule has 5 aromatic rings. The van der Waals surface area contributed by atoms with Gasteiger partial charge in [-0.15, -0.1) is 0 Å². The summed E-state index contributed by atoms with van der Waals surface area (Å²) in [6.07, 6.45) is 5.90. The van der Waals surface area contributed by atoms with Gasteiger partial charge in [0.05, 0.1) is 34.7 Å². The van der Waals surface area contributed by atoms with Gasteiger partial charge in [0, 0.05) is 74.8 Å². The van der Waals surface area contributed by atoms with E-state index in [4.69, 9.17) is 15.0 Å². The van der Waals surface area contributed by atoms with Crippen LogP contribution in [-0.2, 0) is 35.8 Å². The van der Waals surface area contributed by atoms with E-state index in [2.05, 4.69) is 43.4 Å². The number of nitrogens with one attached hydrogen (secondary N) is 3. The zero-order chi connectivity index (χ0) is 39.4. The fourth-order valence-electron chi connectivity index (χ4n) is 5.73. The van der Waals surface area contributed by atoms with Gasteiger partial charge in [-0.3, -0.25) is 19.6 Å². The van der Waals surface area contributed by atoms with Crippen LogP contribution in [0.2, 0.25) is 0 Å². The maximum atomic E-state index is 14.3. The zero-order valence-electron chi connectivity index (χ0n) is 30.3. The minimum Gasteiger partial charge on any atom is -0.388 e. The monoisotopic (exact) mass is 756 g/mol. The van der Waals surface area contributed by atoms with E-state index in [-0.39, 0.29) is 23.0 Å². The third-order valence-electron chi connectivity index (χ3n) is 8.95. The fourth-order valence-corrected chi connectivity index (χ4v) is 5.73. The minimum absolute atomic E-state index is 0.0906. The Labute approximate surface area is 315 Å². The number of aromatic nitrogens is 4. The molecular weight excluding hydrogens is 716 g/mol. The lowest BCUT2D eigenvalue weighted by Gasteiger charge is -2.27. The first kappa shape index (κ1) is 40.1.